The van der Waals surface area contributed by atoms with Crippen LogP contribution in [-0.2, 0) is 9.59 Å². The van der Waals surface area contributed by atoms with E-state index in [9.17, 15) is 9.59 Å². The van der Waals surface area contributed by atoms with Gasteiger partial charge in [-0.2, -0.15) is 0 Å². The molecular weight excluding hydrogens is 397 g/mol. The number of amides is 2. The number of rotatable bonds is 6. The first-order valence-corrected chi connectivity index (χ1v) is 9.02. The molecule has 0 aliphatic rings. The van der Waals surface area contributed by atoms with Gasteiger partial charge in [-0.3, -0.25) is 9.59 Å². The van der Waals surface area contributed by atoms with Crippen LogP contribution in [0, 0.1) is 6.92 Å². The molecule has 0 saturated heterocycles. The van der Waals surface area contributed by atoms with Crippen LogP contribution in [0.1, 0.15) is 18.9 Å². The van der Waals surface area contributed by atoms with Gasteiger partial charge in [0.05, 0.1) is 27.3 Å². The molecule has 0 radical (unpaired) electrons. The van der Waals surface area contributed by atoms with Crippen molar-refractivity contribution >= 4 is 63.7 Å². The Morgan fingerprint density at radius 1 is 0.885 bits per heavy atom. The molecule has 0 aromatic heterocycles. The summed E-state index contributed by atoms with van der Waals surface area (Å²) in [7, 11) is 0. The third-order valence-corrected chi connectivity index (χ3v) is 4.60. The molecule has 3 N–H and O–H groups in total. The molecule has 2 rings (SSSR count). The van der Waals surface area contributed by atoms with Crippen LogP contribution in [0.25, 0.3) is 0 Å². The quantitative estimate of drug-likeness (QED) is 0.558. The predicted molar refractivity (Wildman–Crippen MR) is 109 cm³/mol. The SMILES string of the molecule is CCC(=O)Nc1cc(NC(=O)CNc2cc(Cl)c(Cl)cc2Cl)ccc1C. The lowest BCUT2D eigenvalue weighted by molar-refractivity contribution is -0.116. The molecular formula is C18H18Cl3N3O2. The number of hydrogen-bond acceptors (Lipinski definition) is 3. The summed E-state index contributed by atoms with van der Waals surface area (Å²) in [4.78, 5) is 23.7. The van der Waals surface area contributed by atoms with Crippen molar-refractivity contribution < 1.29 is 9.59 Å². The minimum atomic E-state index is -0.274. The van der Waals surface area contributed by atoms with Gasteiger partial charge >= 0.3 is 0 Å². The van der Waals surface area contributed by atoms with E-state index < -0.39 is 0 Å². The van der Waals surface area contributed by atoms with Crippen LogP contribution < -0.4 is 16.0 Å². The van der Waals surface area contributed by atoms with Gasteiger partial charge in [0.25, 0.3) is 0 Å². The second-order valence-electron chi connectivity index (χ2n) is 5.58. The molecule has 0 atom stereocenters. The lowest BCUT2D eigenvalue weighted by atomic mass is 10.1. The van der Waals surface area contributed by atoms with E-state index in [-0.39, 0.29) is 18.4 Å². The predicted octanol–water partition coefficient (Wildman–Crippen LogP) is 5.35. The standard InChI is InChI=1S/C18H18Cl3N3O2/c1-3-17(25)24-15-6-11(5-4-10(15)2)23-18(26)9-22-16-8-13(20)12(19)7-14(16)21/h4-8,22H,3,9H2,1-2H3,(H,23,26)(H,24,25). The van der Waals surface area contributed by atoms with Gasteiger partial charge in [-0.15, -0.1) is 0 Å². The summed E-state index contributed by atoms with van der Waals surface area (Å²) in [6, 6.07) is 8.37. The molecule has 0 saturated carbocycles. The molecule has 2 amide bonds. The van der Waals surface area contributed by atoms with E-state index in [0.29, 0.717) is 38.6 Å². The highest BCUT2D eigenvalue weighted by Crippen LogP contribution is 2.32. The molecule has 0 aliphatic carbocycles. The average Bonchev–Trinajstić information content (AvgIpc) is 2.59. The van der Waals surface area contributed by atoms with Gasteiger partial charge in [-0.1, -0.05) is 47.8 Å². The number of aryl methyl sites for hydroxylation is 1. The van der Waals surface area contributed by atoms with Gasteiger partial charge in [-0.25, -0.2) is 0 Å². The Hall–Kier alpha value is -1.95. The van der Waals surface area contributed by atoms with Crippen molar-refractivity contribution in [2.75, 3.05) is 22.5 Å². The van der Waals surface area contributed by atoms with Gasteiger partial charge in [0, 0.05) is 17.8 Å². The highest BCUT2D eigenvalue weighted by Gasteiger charge is 2.09. The summed E-state index contributed by atoms with van der Waals surface area (Å²) in [5.74, 6) is -0.365. The Morgan fingerprint density at radius 3 is 2.27 bits per heavy atom. The van der Waals surface area contributed by atoms with Crippen molar-refractivity contribution in [3.8, 4) is 0 Å². The zero-order valence-corrected chi connectivity index (χ0v) is 16.5. The van der Waals surface area contributed by atoms with Crippen LogP contribution in [-0.4, -0.2) is 18.4 Å². The van der Waals surface area contributed by atoms with Gasteiger partial charge in [0.2, 0.25) is 11.8 Å². The smallest absolute Gasteiger partial charge is 0.243 e. The van der Waals surface area contributed by atoms with Crippen molar-refractivity contribution in [3.05, 3.63) is 51.0 Å². The largest absolute Gasteiger partial charge is 0.375 e. The summed E-state index contributed by atoms with van der Waals surface area (Å²) in [5.41, 5.74) is 2.66. The van der Waals surface area contributed by atoms with E-state index in [2.05, 4.69) is 16.0 Å². The van der Waals surface area contributed by atoms with Crippen LogP contribution >= 0.6 is 34.8 Å². The lowest BCUT2D eigenvalue weighted by Gasteiger charge is -2.12. The van der Waals surface area contributed by atoms with Gasteiger partial charge in [-0.05, 0) is 36.8 Å². The summed E-state index contributed by atoms with van der Waals surface area (Å²) < 4.78 is 0. The van der Waals surface area contributed by atoms with Crippen LogP contribution in [0.3, 0.4) is 0 Å². The first kappa shape index (κ1) is 20.4. The zero-order chi connectivity index (χ0) is 19.3. The van der Waals surface area contributed by atoms with Crippen molar-refractivity contribution in [2.45, 2.75) is 20.3 Å². The number of anilines is 3. The summed E-state index contributed by atoms with van der Waals surface area (Å²) in [5, 5.41) is 9.52. The third kappa shape index (κ3) is 5.53. The van der Waals surface area contributed by atoms with Gasteiger partial charge < -0.3 is 16.0 Å². The molecule has 0 heterocycles. The highest BCUT2D eigenvalue weighted by atomic mass is 35.5. The maximum Gasteiger partial charge on any atom is 0.243 e. The number of halogens is 3. The highest BCUT2D eigenvalue weighted by molar-refractivity contribution is 6.44. The van der Waals surface area contributed by atoms with E-state index in [1.54, 1.807) is 25.1 Å². The molecule has 2 aromatic rings. The molecule has 2 aromatic carbocycles. The molecule has 8 heteroatoms. The van der Waals surface area contributed by atoms with Gasteiger partial charge in [0.15, 0.2) is 0 Å². The molecule has 0 aliphatic heterocycles. The molecule has 138 valence electrons. The molecule has 0 unspecified atom stereocenters. The molecule has 5 nitrogen and oxygen atoms in total. The minimum absolute atomic E-state index is 0.0117. The van der Waals surface area contributed by atoms with Gasteiger partial charge in [0.1, 0.15) is 0 Å². The number of benzene rings is 2. The Kier molecular flexibility index (Phi) is 7.14. The van der Waals surface area contributed by atoms with Crippen molar-refractivity contribution in [2.24, 2.45) is 0 Å². The molecule has 0 spiro atoms. The van der Waals surface area contributed by atoms with Crippen molar-refractivity contribution in [3.63, 3.8) is 0 Å². The monoisotopic (exact) mass is 413 g/mol. The van der Waals surface area contributed by atoms with Crippen molar-refractivity contribution in [1.29, 1.82) is 0 Å². The Balaban J connectivity index is 2.01. The second-order valence-corrected chi connectivity index (χ2v) is 6.80. The minimum Gasteiger partial charge on any atom is -0.375 e. The summed E-state index contributed by atoms with van der Waals surface area (Å²) in [6.45, 7) is 3.64. The van der Waals surface area contributed by atoms with Crippen LogP contribution in [0.2, 0.25) is 15.1 Å². The van der Waals surface area contributed by atoms with Crippen LogP contribution in [0.15, 0.2) is 30.3 Å². The lowest BCUT2D eigenvalue weighted by Crippen LogP contribution is -2.22. The van der Waals surface area contributed by atoms with E-state index >= 15 is 0 Å². The van der Waals surface area contributed by atoms with E-state index in [4.69, 9.17) is 34.8 Å². The third-order valence-electron chi connectivity index (χ3n) is 3.57. The maximum absolute atomic E-state index is 12.2. The molecule has 0 fully saturated rings. The van der Waals surface area contributed by atoms with Crippen LogP contribution in [0.5, 0.6) is 0 Å². The van der Waals surface area contributed by atoms with E-state index in [1.165, 1.54) is 6.07 Å². The number of carbonyl (C=O) groups excluding carboxylic acids is 2. The van der Waals surface area contributed by atoms with Crippen molar-refractivity contribution in [1.82, 2.24) is 0 Å². The fourth-order valence-electron chi connectivity index (χ4n) is 2.11. The fourth-order valence-corrected chi connectivity index (χ4v) is 2.73. The number of carbonyl (C=O) groups is 2. The number of nitrogens with one attached hydrogen (secondary N) is 3. The maximum atomic E-state index is 12.2. The number of hydrogen-bond donors (Lipinski definition) is 3. The Bertz CT molecular complexity index is 841. The second kappa shape index (κ2) is 9.12. The first-order valence-electron chi connectivity index (χ1n) is 7.89. The van der Waals surface area contributed by atoms with Crippen LogP contribution in [0.4, 0.5) is 17.1 Å². The van der Waals surface area contributed by atoms with E-state index in [0.717, 1.165) is 5.56 Å². The average molecular weight is 415 g/mol. The molecule has 26 heavy (non-hydrogen) atoms. The zero-order valence-electron chi connectivity index (χ0n) is 14.3. The summed E-state index contributed by atoms with van der Waals surface area (Å²) in [6.07, 6.45) is 0.379. The van der Waals surface area contributed by atoms with E-state index in [1.807, 2.05) is 13.0 Å². The fraction of sp³-hybridized carbons (Fsp3) is 0.222. The summed E-state index contributed by atoms with van der Waals surface area (Å²) >= 11 is 17.9. The first-order chi connectivity index (χ1) is 12.3. The normalized spacial score (nSPS) is 10.3. The Labute approximate surface area is 167 Å². The topological polar surface area (TPSA) is 70.2 Å². The Morgan fingerprint density at radius 2 is 1.58 bits per heavy atom. The molecule has 0 bridgehead atoms.